The van der Waals surface area contributed by atoms with E-state index in [1.54, 1.807) is 24.7 Å². The number of nitrogens with zero attached hydrogens (tertiary/aromatic N) is 2. The molecule has 1 aromatic heterocycles. The number of aliphatic hydroxyl groups is 2. The SMILES string of the molecule is CCCCn1cncc1-c1ccc(OCO)c(OCO)c1. The summed E-state index contributed by atoms with van der Waals surface area (Å²) in [5.74, 6) is 0.766. The first-order valence-electron chi connectivity index (χ1n) is 6.92. The summed E-state index contributed by atoms with van der Waals surface area (Å²) in [6.45, 7) is 2.14. The Morgan fingerprint density at radius 2 is 1.90 bits per heavy atom. The van der Waals surface area contributed by atoms with Crippen LogP contribution in [0.1, 0.15) is 19.8 Å². The second-order valence-electron chi connectivity index (χ2n) is 4.53. The predicted octanol–water partition coefficient (Wildman–Crippen LogP) is 2.01. The summed E-state index contributed by atoms with van der Waals surface area (Å²) in [6, 6.07) is 5.34. The maximum absolute atomic E-state index is 8.95. The minimum Gasteiger partial charge on any atom is -0.464 e. The summed E-state index contributed by atoms with van der Waals surface area (Å²) < 4.78 is 12.3. The zero-order valence-corrected chi connectivity index (χ0v) is 12.0. The number of aliphatic hydroxyl groups excluding tert-OH is 2. The van der Waals surface area contributed by atoms with Gasteiger partial charge in [0.15, 0.2) is 25.1 Å². The van der Waals surface area contributed by atoms with Crippen LogP contribution in [0.15, 0.2) is 30.7 Å². The Labute approximate surface area is 123 Å². The molecular weight excluding hydrogens is 272 g/mol. The first kappa shape index (κ1) is 15.3. The maximum atomic E-state index is 8.95. The summed E-state index contributed by atoms with van der Waals surface area (Å²) in [6.07, 6.45) is 5.78. The molecule has 0 bridgehead atoms. The number of hydrogen-bond donors (Lipinski definition) is 2. The van der Waals surface area contributed by atoms with E-state index >= 15 is 0 Å². The van der Waals surface area contributed by atoms with E-state index in [9.17, 15) is 0 Å². The van der Waals surface area contributed by atoms with Crippen molar-refractivity contribution in [3.05, 3.63) is 30.7 Å². The number of imidazole rings is 1. The highest BCUT2D eigenvalue weighted by molar-refractivity contribution is 5.64. The number of ether oxygens (including phenoxy) is 2. The van der Waals surface area contributed by atoms with E-state index in [1.807, 2.05) is 6.07 Å². The Morgan fingerprint density at radius 3 is 2.62 bits per heavy atom. The summed E-state index contributed by atoms with van der Waals surface area (Å²) in [7, 11) is 0. The minimum atomic E-state index is -0.458. The van der Waals surface area contributed by atoms with Crippen molar-refractivity contribution in [1.82, 2.24) is 9.55 Å². The largest absolute Gasteiger partial charge is 0.464 e. The topological polar surface area (TPSA) is 76.7 Å². The second kappa shape index (κ2) is 7.66. The Bertz CT molecular complexity index is 569. The molecule has 0 radical (unpaired) electrons. The molecule has 0 amide bonds. The van der Waals surface area contributed by atoms with E-state index in [0.29, 0.717) is 11.5 Å². The van der Waals surface area contributed by atoms with E-state index in [-0.39, 0.29) is 0 Å². The van der Waals surface area contributed by atoms with Gasteiger partial charge in [-0.15, -0.1) is 0 Å². The van der Waals surface area contributed by atoms with Crippen LogP contribution in [0.4, 0.5) is 0 Å². The van der Waals surface area contributed by atoms with Gasteiger partial charge in [0.25, 0.3) is 0 Å². The molecule has 6 nitrogen and oxygen atoms in total. The monoisotopic (exact) mass is 292 g/mol. The van der Waals surface area contributed by atoms with Gasteiger partial charge in [0, 0.05) is 12.1 Å². The molecule has 6 heteroatoms. The third-order valence-electron chi connectivity index (χ3n) is 3.14. The van der Waals surface area contributed by atoms with Gasteiger partial charge in [0.05, 0.1) is 18.2 Å². The highest BCUT2D eigenvalue weighted by atomic mass is 16.6. The van der Waals surface area contributed by atoms with Crippen LogP contribution in [-0.2, 0) is 6.54 Å². The average molecular weight is 292 g/mol. The fraction of sp³-hybridized carbons (Fsp3) is 0.400. The van der Waals surface area contributed by atoms with Gasteiger partial charge in [0.1, 0.15) is 0 Å². The molecule has 0 atom stereocenters. The predicted molar refractivity (Wildman–Crippen MR) is 78.0 cm³/mol. The number of unbranched alkanes of at least 4 members (excludes halogenated alkanes) is 1. The number of aromatic nitrogens is 2. The normalized spacial score (nSPS) is 10.6. The fourth-order valence-electron chi connectivity index (χ4n) is 2.11. The van der Waals surface area contributed by atoms with Crippen molar-refractivity contribution in [1.29, 1.82) is 0 Å². The van der Waals surface area contributed by atoms with Crippen LogP contribution in [0.3, 0.4) is 0 Å². The van der Waals surface area contributed by atoms with Crippen molar-refractivity contribution in [2.45, 2.75) is 26.3 Å². The lowest BCUT2D eigenvalue weighted by Crippen LogP contribution is -2.02. The molecule has 0 spiro atoms. The van der Waals surface area contributed by atoms with Gasteiger partial charge >= 0.3 is 0 Å². The van der Waals surface area contributed by atoms with E-state index in [4.69, 9.17) is 19.7 Å². The zero-order valence-electron chi connectivity index (χ0n) is 12.0. The summed E-state index contributed by atoms with van der Waals surface area (Å²) in [5.41, 5.74) is 1.89. The molecule has 114 valence electrons. The van der Waals surface area contributed by atoms with Crippen LogP contribution in [0.2, 0.25) is 0 Å². The van der Waals surface area contributed by atoms with Gasteiger partial charge < -0.3 is 24.3 Å². The number of benzene rings is 1. The summed E-state index contributed by atoms with van der Waals surface area (Å²) in [5, 5.41) is 17.8. The highest BCUT2D eigenvalue weighted by Gasteiger charge is 2.11. The molecule has 0 aliphatic heterocycles. The molecule has 0 saturated carbocycles. The molecular formula is C15H20N2O4. The molecule has 2 N–H and O–H groups in total. The van der Waals surface area contributed by atoms with Crippen molar-refractivity contribution in [2.75, 3.05) is 13.6 Å². The zero-order chi connectivity index (χ0) is 15.1. The van der Waals surface area contributed by atoms with Crippen molar-refractivity contribution in [3.8, 4) is 22.8 Å². The van der Waals surface area contributed by atoms with Gasteiger partial charge in [-0.3, -0.25) is 0 Å². The number of hydrogen-bond acceptors (Lipinski definition) is 5. The lowest BCUT2D eigenvalue weighted by Gasteiger charge is -2.13. The quantitative estimate of drug-likeness (QED) is 0.728. The van der Waals surface area contributed by atoms with Crippen molar-refractivity contribution < 1.29 is 19.7 Å². The van der Waals surface area contributed by atoms with Crippen LogP contribution in [0.5, 0.6) is 11.5 Å². The van der Waals surface area contributed by atoms with Crippen LogP contribution in [0.25, 0.3) is 11.3 Å². The Kier molecular flexibility index (Phi) is 5.59. The minimum absolute atomic E-state index is 0.382. The molecule has 0 aliphatic rings. The number of aryl methyl sites for hydroxylation is 1. The lowest BCUT2D eigenvalue weighted by molar-refractivity contribution is 0.0744. The highest BCUT2D eigenvalue weighted by Crippen LogP contribution is 2.32. The molecule has 0 saturated heterocycles. The lowest BCUT2D eigenvalue weighted by atomic mass is 10.1. The van der Waals surface area contributed by atoms with E-state index in [1.165, 1.54) is 0 Å². The number of rotatable bonds is 8. The van der Waals surface area contributed by atoms with E-state index < -0.39 is 13.6 Å². The van der Waals surface area contributed by atoms with Gasteiger partial charge in [-0.05, 0) is 24.6 Å². The molecule has 21 heavy (non-hydrogen) atoms. The Balaban J connectivity index is 2.31. The first-order valence-corrected chi connectivity index (χ1v) is 6.92. The van der Waals surface area contributed by atoms with E-state index in [0.717, 1.165) is 30.6 Å². The third-order valence-corrected chi connectivity index (χ3v) is 3.14. The van der Waals surface area contributed by atoms with Crippen molar-refractivity contribution in [2.24, 2.45) is 0 Å². The second-order valence-corrected chi connectivity index (χ2v) is 4.53. The van der Waals surface area contributed by atoms with Crippen LogP contribution < -0.4 is 9.47 Å². The van der Waals surface area contributed by atoms with Crippen LogP contribution in [0, 0.1) is 0 Å². The Morgan fingerprint density at radius 1 is 1.14 bits per heavy atom. The van der Waals surface area contributed by atoms with Crippen LogP contribution >= 0.6 is 0 Å². The van der Waals surface area contributed by atoms with Crippen molar-refractivity contribution in [3.63, 3.8) is 0 Å². The molecule has 0 fully saturated rings. The Hall–Kier alpha value is -2.05. The van der Waals surface area contributed by atoms with Gasteiger partial charge in [-0.1, -0.05) is 13.3 Å². The first-order chi connectivity index (χ1) is 10.3. The van der Waals surface area contributed by atoms with Crippen molar-refractivity contribution >= 4 is 0 Å². The molecule has 2 aromatic rings. The standard InChI is InChI=1S/C15H20N2O4/c1-2-3-6-17-9-16-8-13(17)12-4-5-14(20-10-18)15(7-12)21-11-19/h4-5,7-9,18-19H,2-3,6,10-11H2,1H3. The summed E-state index contributed by atoms with van der Waals surface area (Å²) in [4.78, 5) is 4.19. The third kappa shape index (κ3) is 3.74. The smallest absolute Gasteiger partial charge is 0.186 e. The van der Waals surface area contributed by atoms with Gasteiger partial charge in [0.2, 0.25) is 0 Å². The molecule has 0 unspecified atom stereocenters. The average Bonchev–Trinajstić information content (AvgIpc) is 2.96. The molecule has 2 rings (SSSR count). The maximum Gasteiger partial charge on any atom is 0.186 e. The van der Waals surface area contributed by atoms with E-state index in [2.05, 4.69) is 16.5 Å². The van der Waals surface area contributed by atoms with Crippen LogP contribution in [-0.4, -0.2) is 33.4 Å². The summed E-state index contributed by atoms with van der Waals surface area (Å²) >= 11 is 0. The fourth-order valence-corrected chi connectivity index (χ4v) is 2.11. The molecule has 1 aromatic carbocycles. The molecule has 0 aliphatic carbocycles. The van der Waals surface area contributed by atoms with Gasteiger partial charge in [-0.25, -0.2) is 4.98 Å². The van der Waals surface area contributed by atoms with Gasteiger partial charge in [-0.2, -0.15) is 0 Å². The molecule has 1 heterocycles.